The second kappa shape index (κ2) is 4.52. The number of hydrogen-bond acceptors (Lipinski definition) is 2. The van der Waals surface area contributed by atoms with Crippen LogP contribution < -0.4 is 5.32 Å². The summed E-state index contributed by atoms with van der Waals surface area (Å²) in [6.45, 7) is 1.25. The molecule has 0 aliphatic rings. The van der Waals surface area contributed by atoms with Crippen LogP contribution in [0.15, 0.2) is 6.20 Å². The molecule has 0 atom stereocenters. The number of anilines is 1. The Morgan fingerprint density at radius 1 is 1.26 bits per heavy atom. The number of carboxylic acids is 1. The highest BCUT2D eigenvalue weighted by molar-refractivity contribution is 6.03. The van der Waals surface area contributed by atoms with Crippen molar-refractivity contribution >= 4 is 17.6 Å². The Labute approximate surface area is 102 Å². The lowest BCUT2D eigenvalue weighted by atomic mass is 10.2. The molecule has 0 aliphatic carbocycles. The number of hydrogen-bond donors (Lipinski definition) is 3. The van der Waals surface area contributed by atoms with Crippen LogP contribution in [-0.2, 0) is 4.79 Å². The van der Waals surface area contributed by atoms with Gasteiger partial charge in [0.05, 0.1) is 5.69 Å². The molecule has 1 amide bonds. The highest BCUT2D eigenvalue weighted by Crippen LogP contribution is 2.36. The number of nitrogens with one attached hydrogen (secondary N) is 2. The van der Waals surface area contributed by atoms with Crippen LogP contribution in [0, 0.1) is 6.92 Å². The summed E-state index contributed by atoms with van der Waals surface area (Å²) in [6, 6.07) is 0. The number of H-pyrrole nitrogens is 1. The number of aromatic carboxylic acids is 1. The van der Waals surface area contributed by atoms with E-state index in [1.54, 1.807) is 0 Å². The van der Waals surface area contributed by atoms with Gasteiger partial charge in [-0.2, -0.15) is 22.0 Å². The number of halogens is 5. The minimum absolute atomic E-state index is 0.00174. The van der Waals surface area contributed by atoms with Crippen molar-refractivity contribution in [3.8, 4) is 0 Å². The number of aromatic amines is 1. The lowest BCUT2D eigenvalue weighted by Crippen LogP contribution is -2.47. The highest BCUT2D eigenvalue weighted by atomic mass is 19.4. The monoisotopic (exact) mass is 286 g/mol. The summed E-state index contributed by atoms with van der Waals surface area (Å²) >= 11 is 0. The Morgan fingerprint density at radius 3 is 2.21 bits per heavy atom. The predicted octanol–water partition coefficient (Wildman–Crippen LogP) is 2.16. The van der Waals surface area contributed by atoms with Gasteiger partial charge in [-0.1, -0.05) is 0 Å². The van der Waals surface area contributed by atoms with E-state index in [1.807, 2.05) is 0 Å². The highest BCUT2D eigenvalue weighted by Gasteiger charge is 2.63. The van der Waals surface area contributed by atoms with Crippen molar-refractivity contribution in [1.29, 1.82) is 0 Å². The number of rotatable bonds is 3. The average molecular weight is 286 g/mol. The zero-order valence-electron chi connectivity index (χ0n) is 9.23. The van der Waals surface area contributed by atoms with E-state index in [9.17, 15) is 31.5 Å². The number of aryl methyl sites for hydroxylation is 1. The van der Waals surface area contributed by atoms with E-state index < -0.39 is 35.2 Å². The van der Waals surface area contributed by atoms with Crippen molar-refractivity contribution in [1.82, 2.24) is 4.98 Å². The van der Waals surface area contributed by atoms with E-state index >= 15 is 0 Å². The van der Waals surface area contributed by atoms with Crippen LogP contribution in [-0.4, -0.2) is 34.1 Å². The molecule has 0 radical (unpaired) electrons. The fourth-order valence-electron chi connectivity index (χ4n) is 1.23. The summed E-state index contributed by atoms with van der Waals surface area (Å²) in [5.74, 6) is -9.85. The predicted molar refractivity (Wildman–Crippen MR) is 52.1 cm³/mol. The maximum absolute atomic E-state index is 12.7. The third kappa shape index (κ3) is 2.66. The molecule has 0 saturated carbocycles. The molecule has 1 heterocycles. The maximum Gasteiger partial charge on any atom is 0.463 e. The van der Waals surface area contributed by atoms with Gasteiger partial charge in [0.15, 0.2) is 0 Å². The van der Waals surface area contributed by atoms with Crippen molar-refractivity contribution in [2.75, 3.05) is 5.32 Å². The number of amides is 1. The van der Waals surface area contributed by atoms with Crippen LogP contribution in [0.3, 0.4) is 0 Å². The molecule has 0 fully saturated rings. The van der Waals surface area contributed by atoms with Crippen LogP contribution in [0.5, 0.6) is 0 Å². The van der Waals surface area contributed by atoms with E-state index in [1.165, 1.54) is 12.2 Å². The van der Waals surface area contributed by atoms with Gasteiger partial charge in [-0.05, 0) is 6.92 Å². The van der Waals surface area contributed by atoms with Gasteiger partial charge < -0.3 is 15.4 Å². The van der Waals surface area contributed by atoms with Gasteiger partial charge in [0.25, 0.3) is 0 Å². The van der Waals surface area contributed by atoms with E-state index in [0.29, 0.717) is 0 Å². The maximum atomic E-state index is 12.7. The zero-order chi connectivity index (χ0) is 15.0. The minimum atomic E-state index is -6.06. The largest absolute Gasteiger partial charge is 0.478 e. The Balaban J connectivity index is 3.05. The van der Waals surface area contributed by atoms with Gasteiger partial charge in [0, 0.05) is 11.9 Å². The SMILES string of the molecule is Cc1[nH]cc(NC(=O)C(F)(F)C(F)(F)F)c1C(=O)O. The molecular formula is C9H7F5N2O3. The standard InChI is InChI=1S/C9H7F5N2O3/c1-3-5(6(17)18)4(2-15-3)16-7(19)8(10,11)9(12,13)14/h2,15H,1H3,(H,16,19)(H,17,18). The second-order valence-corrected chi connectivity index (χ2v) is 3.53. The molecule has 5 nitrogen and oxygen atoms in total. The molecule has 0 bridgehead atoms. The number of carboxylic acid groups (broad SMARTS) is 1. The Morgan fingerprint density at radius 2 is 1.79 bits per heavy atom. The lowest BCUT2D eigenvalue weighted by molar-refractivity contribution is -0.267. The average Bonchev–Trinajstić information content (AvgIpc) is 2.57. The van der Waals surface area contributed by atoms with Crippen molar-refractivity contribution in [2.24, 2.45) is 0 Å². The molecule has 0 saturated heterocycles. The second-order valence-electron chi connectivity index (χ2n) is 3.53. The first-order valence-corrected chi connectivity index (χ1v) is 4.65. The van der Waals surface area contributed by atoms with Crippen LogP contribution in [0.25, 0.3) is 0 Å². The van der Waals surface area contributed by atoms with Crippen LogP contribution in [0.4, 0.5) is 27.6 Å². The van der Waals surface area contributed by atoms with Gasteiger partial charge in [-0.3, -0.25) is 4.79 Å². The number of carbonyl (C=O) groups is 2. The molecule has 10 heteroatoms. The molecule has 1 rings (SSSR count). The third-order valence-electron chi connectivity index (χ3n) is 2.18. The van der Waals surface area contributed by atoms with Crippen molar-refractivity contribution in [3.63, 3.8) is 0 Å². The van der Waals surface area contributed by atoms with Crippen LogP contribution >= 0.6 is 0 Å². The molecule has 3 N–H and O–H groups in total. The molecule has 0 aliphatic heterocycles. The van der Waals surface area contributed by atoms with Crippen LogP contribution in [0.2, 0.25) is 0 Å². The van der Waals surface area contributed by atoms with Gasteiger partial charge in [0.1, 0.15) is 5.56 Å². The summed E-state index contributed by atoms with van der Waals surface area (Å²) in [5, 5.41) is 9.97. The number of aromatic nitrogens is 1. The topological polar surface area (TPSA) is 82.2 Å². The Kier molecular flexibility index (Phi) is 3.55. The van der Waals surface area contributed by atoms with Crippen molar-refractivity contribution < 1.29 is 36.6 Å². The Bertz CT molecular complexity index is 520. The van der Waals surface area contributed by atoms with Gasteiger partial charge in [0.2, 0.25) is 0 Å². The fraction of sp³-hybridized carbons (Fsp3) is 0.333. The first kappa shape index (κ1) is 14.9. The molecule has 19 heavy (non-hydrogen) atoms. The van der Waals surface area contributed by atoms with E-state index in [0.717, 1.165) is 6.20 Å². The molecule has 1 aromatic heterocycles. The normalized spacial score (nSPS) is 12.3. The van der Waals surface area contributed by atoms with E-state index in [2.05, 4.69) is 4.98 Å². The molecular weight excluding hydrogens is 279 g/mol. The fourth-order valence-corrected chi connectivity index (χ4v) is 1.23. The summed E-state index contributed by atoms with van der Waals surface area (Å²) in [6.07, 6.45) is -5.25. The Hall–Kier alpha value is -2.13. The molecule has 0 unspecified atom stereocenters. The zero-order valence-corrected chi connectivity index (χ0v) is 9.23. The number of alkyl halides is 5. The molecule has 0 aromatic carbocycles. The summed E-state index contributed by atoms with van der Waals surface area (Å²) in [4.78, 5) is 23.9. The summed E-state index contributed by atoms with van der Waals surface area (Å²) in [5.41, 5.74) is -1.26. The summed E-state index contributed by atoms with van der Waals surface area (Å²) in [7, 11) is 0. The molecule has 0 spiro atoms. The summed E-state index contributed by atoms with van der Waals surface area (Å²) < 4.78 is 61.1. The van der Waals surface area contributed by atoms with E-state index in [-0.39, 0.29) is 5.69 Å². The first-order valence-electron chi connectivity index (χ1n) is 4.65. The minimum Gasteiger partial charge on any atom is -0.478 e. The first-order chi connectivity index (χ1) is 8.48. The third-order valence-corrected chi connectivity index (χ3v) is 2.18. The van der Waals surface area contributed by atoms with Crippen molar-refractivity contribution in [3.05, 3.63) is 17.5 Å². The molecule has 1 aromatic rings. The molecule has 106 valence electrons. The quantitative estimate of drug-likeness (QED) is 0.745. The van der Waals surface area contributed by atoms with Gasteiger partial charge in [-0.15, -0.1) is 0 Å². The van der Waals surface area contributed by atoms with Crippen molar-refractivity contribution in [2.45, 2.75) is 19.0 Å². The van der Waals surface area contributed by atoms with Gasteiger partial charge >= 0.3 is 24.0 Å². The lowest BCUT2D eigenvalue weighted by Gasteiger charge is -2.18. The van der Waals surface area contributed by atoms with E-state index in [4.69, 9.17) is 5.11 Å². The number of carbonyl (C=O) groups excluding carboxylic acids is 1. The van der Waals surface area contributed by atoms with Gasteiger partial charge in [-0.25, -0.2) is 4.79 Å². The smallest absolute Gasteiger partial charge is 0.463 e. The van der Waals surface area contributed by atoms with Crippen LogP contribution in [0.1, 0.15) is 16.1 Å².